The minimum atomic E-state index is -1.46. The first-order chi connectivity index (χ1) is 12.2. The van der Waals surface area contributed by atoms with Gasteiger partial charge in [-0.1, -0.05) is 30.3 Å². The number of hydrogen-bond acceptors (Lipinski definition) is 5. The summed E-state index contributed by atoms with van der Waals surface area (Å²) in [7, 11) is 0. The number of imide groups is 1. The third-order valence-electron chi connectivity index (χ3n) is 3.56. The Kier molecular flexibility index (Phi) is 5.51. The van der Waals surface area contributed by atoms with Crippen molar-refractivity contribution in [2.24, 2.45) is 0 Å². The number of carboxylic acids is 1. The fourth-order valence-electron chi connectivity index (χ4n) is 2.59. The number of aliphatic carboxylic acids is 1. The van der Waals surface area contributed by atoms with Crippen LogP contribution in [-0.4, -0.2) is 33.8 Å². The molecule has 7 nitrogen and oxygen atoms in total. The van der Waals surface area contributed by atoms with E-state index in [1.807, 2.05) is 0 Å². The van der Waals surface area contributed by atoms with Crippen LogP contribution in [0.3, 0.4) is 0 Å². The van der Waals surface area contributed by atoms with Crippen LogP contribution >= 0.6 is 0 Å². The van der Waals surface area contributed by atoms with Gasteiger partial charge in [0.1, 0.15) is 11.4 Å². The van der Waals surface area contributed by atoms with Crippen LogP contribution < -0.4 is 4.74 Å². The number of rotatable bonds is 4. The first kappa shape index (κ1) is 18.9. The van der Waals surface area contributed by atoms with Crippen LogP contribution in [0.2, 0.25) is 0 Å². The number of benzene rings is 2. The van der Waals surface area contributed by atoms with E-state index in [4.69, 9.17) is 4.74 Å². The molecule has 0 aliphatic heterocycles. The van der Waals surface area contributed by atoms with Gasteiger partial charge >= 0.3 is 11.9 Å². The van der Waals surface area contributed by atoms with Crippen molar-refractivity contribution in [3.8, 4) is 5.75 Å². The molecule has 0 radical (unpaired) electrons. The molecule has 0 saturated heterocycles. The second kappa shape index (κ2) is 7.60. The number of carbonyl (C=O) groups excluding carboxylic acids is 3. The standard InChI is InChI=1S/C19H17NO6/c1-11(21)20(12(2)22)17(19(24)25)10-16-15-7-5-4-6-14(15)8-9-18(16)26-13(3)23/h4-10H,1-3H3,(H,24,25). The van der Waals surface area contributed by atoms with Gasteiger partial charge in [-0.15, -0.1) is 0 Å². The molecule has 0 aliphatic rings. The molecule has 0 bridgehead atoms. The van der Waals surface area contributed by atoms with E-state index in [0.717, 1.165) is 25.3 Å². The van der Waals surface area contributed by atoms with Crippen molar-refractivity contribution < 1.29 is 29.0 Å². The van der Waals surface area contributed by atoms with Crippen LogP contribution in [0.5, 0.6) is 5.75 Å². The normalized spacial score (nSPS) is 11.1. The molecule has 0 spiro atoms. The van der Waals surface area contributed by atoms with Crippen molar-refractivity contribution in [2.45, 2.75) is 20.8 Å². The Labute approximate surface area is 149 Å². The molecule has 0 atom stereocenters. The monoisotopic (exact) mass is 355 g/mol. The maximum absolute atomic E-state index is 11.8. The Bertz CT molecular complexity index is 930. The fraction of sp³-hybridized carbons (Fsp3) is 0.158. The predicted octanol–water partition coefficient (Wildman–Crippen LogP) is 2.59. The molecule has 134 valence electrons. The molecule has 0 unspecified atom stereocenters. The van der Waals surface area contributed by atoms with Gasteiger partial charge in [-0.2, -0.15) is 0 Å². The average Bonchev–Trinajstić information content (AvgIpc) is 2.54. The van der Waals surface area contributed by atoms with Gasteiger partial charge in [0.05, 0.1) is 0 Å². The lowest BCUT2D eigenvalue weighted by molar-refractivity contribution is -0.146. The fourth-order valence-corrected chi connectivity index (χ4v) is 2.59. The predicted molar refractivity (Wildman–Crippen MR) is 94.1 cm³/mol. The maximum Gasteiger partial charge on any atom is 0.353 e. The van der Waals surface area contributed by atoms with E-state index < -0.39 is 29.5 Å². The molecule has 0 aromatic heterocycles. The zero-order valence-electron chi connectivity index (χ0n) is 14.5. The number of carboxylic acid groups (broad SMARTS) is 1. The van der Waals surface area contributed by atoms with Crippen molar-refractivity contribution >= 4 is 40.6 Å². The maximum atomic E-state index is 11.8. The van der Waals surface area contributed by atoms with Crippen molar-refractivity contribution in [1.29, 1.82) is 0 Å². The number of amides is 2. The van der Waals surface area contributed by atoms with E-state index in [0.29, 0.717) is 10.3 Å². The van der Waals surface area contributed by atoms with Crippen LogP contribution in [0.25, 0.3) is 16.8 Å². The highest BCUT2D eigenvalue weighted by Crippen LogP contribution is 2.31. The molecule has 2 amide bonds. The summed E-state index contributed by atoms with van der Waals surface area (Å²) in [6.07, 6.45) is 1.16. The van der Waals surface area contributed by atoms with Crippen molar-refractivity contribution in [2.75, 3.05) is 0 Å². The highest BCUT2D eigenvalue weighted by molar-refractivity contribution is 6.07. The van der Waals surface area contributed by atoms with Crippen molar-refractivity contribution in [3.05, 3.63) is 47.7 Å². The van der Waals surface area contributed by atoms with Gasteiger partial charge < -0.3 is 9.84 Å². The van der Waals surface area contributed by atoms with Gasteiger partial charge in [0.15, 0.2) is 0 Å². The molecule has 0 saturated carbocycles. The van der Waals surface area contributed by atoms with Crippen molar-refractivity contribution in [1.82, 2.24) is 4.90 Å². The lowest BCUT2D eigenvalue weighted by atomic mass is 10.0. The molecule has 7 heteroatoms. The summed E-state index contributed by atoms with van der Waals surface area (Å²) in [4.78, 5) is 47.2. The van der Waals surface area contributed by atoms with E-state index >= 15 is 0 Å². The van der Waals surface area contributed by atoms with E-state index in [2.05, 4.69) is 0 Å². The quantitative estimate of drug-likeness (QED) is 0.514. The summed E-state index contributed by atoms with van der Waals surface area (Å²) in [6.45, 7) is 3.40. The number of hydrogen-bond donors (Lipinski definition) is 1. The Morgan fingerprint density at radius 1 is 0.962 bits per heavy atom. The highest BCUT2D eigenvalue weighted by atomic mass is 16.5. The molecule has 0 fully saturated rings. The molecule has 1 N–H and O–H groups in total. The highest BCUT2D eigenvalue weighted by Gasteiger charge is 2.25. The lowest BCUT2D eigenvalue weighted by Crippen LogP contribution is -2.35. The molecule has 26 heavy (non-hydrogen) atoms. The average molecular weight is 355 g/mol. The molecular formula is C19H17NO6. The zero-order valence-corrected chi connectivity index (χ0v) is 14.5. The van der Waals surface area contributed by atoms with E-state index in [1.54, 1.807) is 30.3 Å². The molecule has 2 aromatic rings. The number of fused-ring (bicyclic) bond motifs is 1. The topological polar surface area (TPSA) is 101 Å². The number of esters is 1. The second-order valence-electron chi connectivity index (χ2n) is 5.50. The minimum absolute atomic E-state index is 0.127. The summed E-state index contributed by atoms with van der Waals surface area (Å²) in [5.74, 6) is -3.39. The van der Waals surface area contributed by atoms with Crippen LogP contribution in [0, 0.1) is 0 Å². The first-order valence-electron chi connectivity index (χ1n) is 7.68. The van der Waals surface area contributed by atoms with Crippen LogP contribution in [0.4, 0.5) is 0 Å². The number of carbonyl (C=O) groups is 4. The Hall–Kier alpha value is -3.48. The van der Waals surface area contributed by atoms with Crippen LogP contribution in [0.15, 0.2) is 42.1 Å². The van der Waals surface area contributed by atoms with Gasteiger partial charge in [-0.05, 0) is 22.9 Å². The largest absolute Gasteiger partial charge is 0.477 e. The van der Waals surface area contributed by atoms with Gasteiger partial charge in [0.2, 0.25) is 11.8 Å². The Morgan fingerprint density at radius 3 is 2.12 bits per heavy atom. The van der Waals surface area contributed by atoms with E-state index in [1.165, 1.54) is 13.0 Å². The van der Waals surface area contributed by atoms with Crippen molar-refractivity contribution in [3.63, 3.8) is 0 Å². The SMILES string of the molecule is CC(=O)Oc1ccc2ccccc2c1C=C(C(=O)O)N(C(C)=O)C(C)=O. The van der Waals surface area contributed by atoms with Gasteiger partial charge in [-0.25, -0.2) is 9.69 Å². The molecule has 0 aliphatic carbocycles. The van der Waals surface area contributed by atoms with Gasteiger partial charge in [0.25, 0.3) is 0 Å². The first-order valence-corrected chi connectivity index (χ1v) is 7.68. The lowest BCUT2D eigenvalue weighted by Gasteiger charge is -2.18. The summed E-state index contributed by atoms with van der Waals surface area (Å²) < 4.78 is 5.17. The summed E-state index contributed by atoms with van der Waals surface area (Å²) in [6, 6.07) is 10.3. The summed E-state index contributed by atoms with van der Waals surface area (Å²) in [5, 5.41) is 10.9. The van der Waals surface area contributed by atoms with Gasteiger partial charge in [0, 0.05) is 26.3 Å². The van der Waals surface area contributed by atoms with Crippen LogP contribution in [-0.2, 0) is 19.2 Å². The minimum Gasteiger partial charge on any atom is -0.477 e. The molecule has 0 heterocycles. The summed E-state index contributed by atoms with van der Waals surface area (Å²) in [5.41, 5.74) is -0.252. The number of ether oxygens (including phenoxy) is 1. The van der Waals surface area contributed by atoms with Gasteiger partial charge in [-0.3, -0.25) is 14.4 Å². The second-order valence-corrected chi connectivity index (χ2v) is 5.50. The third-order valence-corrected chi connectivity index (χ3v) is 3.56. The molecule has 2 aromatic carbocycles. The Morgan fingerprint density at radius 2 is 1.58 bits per heavy atom. The van der Waals surface area contributed by atoms with E-state index in [-0.39, 0.29) is 11.3 Å². The summed E-state index contributed by atoms with van der Waals surface area (Å²) >= 11 is 0. The third kappa shape index (κ3) is 3.94. The smallest absolute Gasteiger partial charge is 0.353 e. The van der Waals surface area contributed by atoms with E-state index in [9.17, 15) is 24.3 Å². The molecule has 2 rings (SSSR count). The Balaban J connectivity index is 2.81. The molecular weight excluding hydrogens is 338 g/mol. The van der Waals surface area contributed by atoms with Crippen LogP contribution in [0.1, 0.15) is 26.3 Å². The zero-order chi connectivity index (χ0) is 19.4. The number of nitrogens with zero attached hydrogens (tertiary/aromatic N) is 1.